The van der Waals surface area contributed by atoms with Crippen molar-refractivity contribution in [2.75, 3.05) is 7.05 Å². The van der Waals surface area contributed by atoms with Crippen molar-refractivity contribution < 1.29 is 5.11 Å². The van der Waals surface area contributed by atoms with Gasteiger partial charge in [0.25, 0.3) is 0 Å². The predicted molar refractivity (Wildman–Crippen MR) is 65.0 cm³/mol. The first-order valence-electron chi connectivity index (χ1n) is 6.58. The van der Waals surface area contributed by atoms with Crippen molar-refractivity contribution in [1.82, 2.24) is 5.32 Å². The van der Waals surface area contributed by atoms with Crippen molar-refractivity contribution in [3.63, 3.8) is 0 Å². The van der Waals surface area contributed by atoms with E-state index in [9.17, 15) is 5.11 Å². The Morgan fingerprint density at radius 3 is 2.27 bits per heavy atom. The Bertz CT molecular complexity index is 173. The Morgan fingerprint density at radius 1 is 1.27 bits per heavy atom. The number of hydrogen-bond donors (Lipinski definition) is 2. The van der Waals surface area contributed by atoms with Gasteiger partial charge in [0.15, 0.2) is 0 Å². The van der Waals surface area contributed by atoms with Crippen LogP contribution in [0.25, 0.3) is 0 Å². The summed E-state index contributed by atoms with van der Waals surface area (Å²) in [6, 6.07) is 0.255. The van der Waals surface area contributed by atoms with Crippen LogP contribution in [0.1, 0.15) is 58.8 Å². The molecule has 2 N–H and O–H groups in total. The predicted octanol–water partition coefficient (Wildman–Crippen LogP) is 2.71. The molecule has 0 amide bonds. The fourth-order valence-electron chi connectivity index (χ4n) is 3.23. The average molecular weight is 213 g/mol. The molecule has 0 bridgehead atoms. The van der Waals surface area contributed by atoms with Crippen molar-refractivity contribution >= 4 is 0 Å². The highest BCUT2D eigenvalue weighted by Crippen LogP contribution is 2.37. The summed E-state index contributed by atoms with van der Waals surface area (Å²) in [4.78, 5) is 0. The molecule has 0 aliphatic heterocycles. The second kappa shape index (κ2) is 5.86. The highest BCUT2D eigenvalue weighted by atomic mass is 16.3. The first-order chi connectivity index (χ1) is 7.19. The number of aliphatic hydroxyl groups is 1. The summed E-state index contributed by atoms with van der Waals surface area (Å²) in [6.07, 6.45) is 8.26. The number of rotatable bonds is 5. The molecule has 2 heteroatoms. The summed E-state index contributed by atoms with van der Waals surface area (Å²) in [6.45, 7) is 4.28. The van der Waals surface area contributed by atoms with E-state index in [0.29, 0.717) is 5.92 Å². The molecule has 2 nitrogen and oxygen atoms in total. The van der Waals surface area contributed by atoms with Gasteiger partial charge in [-0.2, -0.15) is 0 Å². The second-order valence-electron chi connectivity index (χ2n) is 4.93. The van der Waals surface area contributed by atoms with Crippen molar-refractivity contribution in [3.05, 3.63) is 0 Å². The van der Waals surface area contributed by atoms with Crippen LogP contribution in [-0.4, -0.2) is 23.8 Å². The zero-order valence-electron chi connectivity index (χ0n) is 10.6. The maximum Gasteiger partial charge on any atom is 0.0825 e. The molecule has 0 aromatic carbocycles. The lowest BCUT2D eigenvalue weighted by Crippen LogP contribution is -2.54. The highest BCUT2D eigenvalue weighted by Gasteiger charge is 2.40. The van der Waals surface area contributed by atoms with Crippen LogP contribution in [0.3, 0.4) is 0 Å². The van der Waals surface area contributed by atoms with Gasteiger partial charge in [0, 0.05) is 6.04 Å². The van der Waals surface area contributed by atoms with Gasteiger partial charge in [-0.05, 0) is 38.6 Å². The summed E-state index contributed by atoms with van der Waals surface area (Å²) >= 11 is 0. The fraction of sp³-hybridized carbons (Fsp3) is 1.00. The van der Waals surface area contributed by atoms with Gasteiger partial charge in [0.1, 0.15) is 0 Å². The van der Waals surface area contributed by atoms with Crippen LogP contribution < -0.4 is 5.32 Å². The van der Waals surface area contributed by atoms with E-state index in [1.807, 2.05) is 7.05 Å². The minimum Gasteiger partial charge on any atom is -0.388 e. The van der Waals surface area contributed by atoms with Crippen LogP contribution in [0.2, 0.25) is 0 Å². The molecule has 1 aliphatic carbocycles. The third-order valence-electron chi connectivity index (χ3n) is 4.24. The van der Waals surface area contributed by atoms with Crippen LogP contribution in [0, 0.1) is 5.92 Å². The molecule has 0 heterocycles. The van der Waals surface area contributed by atoms with Crippen LogP contribution in [0.5, 0.6) is 0 Å². The Balaban J connectivity index is 2.71. The minimum absolute atomic E-state index is 0.255. The van der Waals surface area contributed by atoms with E-state index >= 15 is 0 Å². The van der Waals surface area contributed by atoms with Gasteiger partial charge in [0.2, 0.25) is 0 Å². The van der Waals surface area contributed by atoms with Crippen LogP contribution in [0.4, 0.5) is 0 Å². The number of likely N-dealkylation sites (N-methyl/N-ethyl adjacent to an activating group) is 1. The minimum atomic E-state index is -0.482. The molecule has 1 rings (SSSR count). The highest BCUT2D eigenvalue weighted by molar-refractivity contribution is 4.95. The van der Waals surface area contributed by atoms with Gasteiger partial charge in [-0.15, -0.1) is 0 Å². The number of nitrogens with one attached hydrogen (secondary N) is 1. The van der Waals surface area contributed by atoms with Gasteiger partial charge in [-0.3, -0.25) is 0 Å². The lowest BCUT2D eigenvalue weighted by molar-refractivity contribution is -0.0657. The van der Waals surface area contributed by atoms with Crippen LogP contribution >= 0.6 is 0 Å². The van der Waals surface area contributed by atoms with Crippen LogP contribution in [0.15, 0.2) is 0 Å². The monoisotopic (exact) mass is 213 g/mol. The Kier molecular flexibility index (Phi) is 5.07. The van der Waals surface area contributed by atoms with Crippen molar-refractivity contribution in [2.24, 2.45) is 5.92 Å². The molecule has 0 radical (unpaired) electrons. The second-order valence-corrected chi connectivity index (χ2v) is 4.93. The van der Waals surface area contributed by atoms with Gasteiger partial charge in [-0.25, -0.2) is 0 Å². The van der Waals surface area contributed by atoms with E-state index in [1.165, 1.54) is 32.1 Å². The van der Waals surface area contributed by atoms with E-state index < -0.39 is 5.60 Å². The van der Waals surface area contributed by atoms with E-state index in [2.05, 4.69) is 19.2 Å². The topological polar surface area (TPSA) is 32.3 Å². The lowest BCUT2D eigenvalue weighted by atomic mass is 9.71. The molecular formula is C13H27NO. The maximum absolute atomic E-state index is 10.8. The summed E-state index contributed by atoms with van der Waals surface area (Å²) in [5.74, 6) is 0.508. The molecule has 1 aliphatic rings. The van der Waals surface area contributed by atoms with E-state index in [-0.39, 0.29) is 6.04 Å². The molecule has 1 saturated carbocycles. The normalized spacial score (nSPS) is 24.8. The molecule has 1 fully saturated rings. The number of hydrogen-bond acceptors (Lipinski definition) is 2. The Morgan fingerprint density at radius 2 is 1.87 bits per heavy atom. The standard InChI is InChI=1S/C13H27NO/c1-4-12(14-3)13(15,5-2)11-9-7-6-8-10-11/h11-12,14-15H,4-10H2,1-3H3. The molecule has 0 aromatic rings. The SMILES string of the molecule is CCC(NC)C(O)(CC)C1CCCCC1. The molecule has 0 aromatic heterocycles. The van der Waals surface area contributed by atoms with E-state index in [4.69, 9.17) is 0 Å². The molecule has 15 heavy (non-hydrogen) atoms. The summed E-state index contributed by atoms with van der Waals surface area (Å²) in [7, 11) is 1.97. The molecule has 0 spiro atoms. The summed E-state index contributed by atoms with van der Waals surface area (Å²) in [5.41, 5.74) is -0.482. The molecule has 90 valence electrons. The fourth-order valence-corrected chi connectivity index (χ4v) is 3.23. The average Bonchev–Trinajstić information content (AvgIpc) is 2.31. The third kappa shape index (κ3) is 2.73. The maximum atomic E-state index is 10.8. The molecule has 2 unspecified atom stereocenters. The van der Waals surface area contributed by atoms with Crippen molar-refractivity contribution in [3.8, 4) is 0 Å². The smallest absolute Gasteiger partial charge is 0.0825 e. The first kappa shape index (κ1) is 13.0. The summed E-state index contributed by atoms with van der Waals surface area (Å²) in [5, 5.41) is 14.1. The largest absolute Gasteiger partial charge is 0.388 e. The van der Waals surface area contributed by atoms with Crippen molar-refractivity contribution in [2.45, 2.75) is 70.4 Å². The molecular weight excluding hydrogens is 186 g/mol. The van der Waals surface area contributed by atoms with Gasteiger partial charge < -0.3 is 10.4 Å². The third-order valence-corrected chi connectivity index (χ3v) is 4.24. The molecule has 2 atom stereocenters. The lowest BCUT2D eigenvalue weighted by Gasteiger charge is -2.43. The van der Waals surface area contributed by atoms with Crippen molar-refractivity contribution in [1.29, 1.82) is 0 Å². The molecule has 0 saturated heterocycles. The zero-order valence-corrected chi connectivity index (χ0v) is 10.6. The first-order valence-corrected chi connectivity index (χ1v) is 6.58. The summed E-state index contributed by atoms with van der Waals surface area (Å²) < 4.78 is 0. The van der Waals surface area contributed by atoms with Gasteiger partial charge >= 0.3 is 0 Å². The quantitative estimate of drug-likeness (QED) is 0.736. The van der Waals surface area contributed by atoms with E-state index in [1.54, 1.807) is 0 Å². The van der Waals surface area contributed by atoms with Gasteiger partial charge in [-0.1, -0.05) is 33.1 Å². The van der Waals surface area contributed by atoms with E-state index in [0.717, 1.165) is 12.8 Å². The van der Waals surface area contributed by atoms with Gasteiger partial charge in [0.05, 0.1) is 5.60 Å². The zero-order chi connectivity index (χ0) is 11.3. The van der Waals surface area contributed by atoms with Crippen LogP contribution in [-0.2, 0) is 0 Å². The Hall–Kier alpha value is -0.0800. The Labute approximate surface area is 94.5 Å².